The van der Waals surface area contributed by atoms with Crippen LogP contribution in [0.5, 0.6) is 17.2 Å². The average Bonchev–Trinajstić information content (AvgIpc) is 3.24. The van der Waals surface area contributed by atoms with Gasteiger partial charge in [0.25, 0.3) is 5.91 Å². The van der Waals surface area contributed by atoms with Crippen LogP contribution in [0.2, 0.25) is 0 Å². The van der Waals surface area contributed by atoms with Crippen LogP contribution in [-0.2, 0) is 6.61 Å². The van der Waals surface area contributed by atoms with E-state index in [1.165, 1.54) is 0 Å². The maximum absolute atomic E-state index is 12.3. The summed E-state index contributed by atoms with van der Waals surface area (Å²) in [7, 11) is 3.18. The molecule has 0 spiro atoms. The molecule has 9 heteroatoms. The third-order valence-electron chi connectivity index (χ3n) is 4.85. The van der Waals surface area contributed by atoms with Gasteiger partial charge in [-0.05, 0) is 48.0 Å². The quantitative estimate of drug-likeness (QED) is 0.393. The zero-order chi connectivity index (χ0) is 23.2. The summed E-state index contributed by atoms with van der Waals surface area (Å²) in [6.07, 6.45) is 0. The van der Waals surface area contributed by atoms with Crippen LogP contribution in [0.4, 0.5) is 10.6 Å². The zero-order valence-electron chi connectivity index (χ0n) is 18.0. The first kappa shape index (κ1) is 21.7. The maximum Gasteiger partial charge on any atom is 0.327 e. The molecule has 4 rings (SSSR count). The molecular formula is C24H22N4O5. The molecule has 9 nitrogen and oxygen atoms in total. The highest BCUT2D eigenvalue weighted by Crippen LogP contribution is 2.27. The molecule has 0 fully saturated rings. The first-order chi connectivity index (χ1) is 16.1. The highest BCUT2D eigenvalue weighted by Gasteiger charge is 2.14. The number of aromatic amines is 1. The topological polar surface area (TPSA) is 115 Å². The molecule has 1 aromatic heterocycles. The van der Waals surface area contributed by atoms with Gasteiger partial charge in [-0.1, -0.05) is 18.2 Å². The number of hydrogen-bond donors (Lipinski definition) is 3. The molecule has 0 saturated heterocycles. The van der Waals surface area contributed by atoms with Gasteiger partial charge in [-0.2, -0.15) is 5.10 Å². The number of nitrogens with one attached hydrogen (secondary N) is 3. The number of anilines is 1. The number of H-pyrrole nitrogens is 1. The number of rotatable bonds is 7. The number of aromatic nitrogens is 2. The minimum Gasteiger partial charge on any atom is -0.497 e. The number of nitrogens with zero attached hydrogens (tertiary/aromatic N) is 1. The van der Waals surface area contributed by atoms with Crippen molar-refractivity contribution in [2.75, 3.05) is 19.5 Å². The fourth-order valence-electron chi connectivity index (χ4n) is 3.20. The van der Waals surface area contributed by atoms with E-state index in [-0.39, 0.29) is 12.4 Å². The van der Waals surface area contributed by atoms with Crippen molar-refractivity contribution in [2.45, 2.75) is 6.61 Å². The Morgan fingerprint density at radius 1 is 0.909 bits per heavy atom. The first-order valence-corrected chi connectivity index (χ1v) is 10.1. The third-order valence-corrected chi connectivity index (χ3v) is 4.85. The number of urea groups is 1. The molecule has 0 atom stereocenters. The number of carbonyl (C=O) groups is 2. The van der Waals surface area contributed by atoms with Gasteiger partial charge < -0.3 is 14.2 Å². The Kier molecular flexibility index (Phi) is 6.40. The van der Waals surface area contributed by atoms with Crippen molar-refractivity contribution >= 4 is 28.7 Å². The van der Waals surface area contributed by atoms with Crippen molar-refractivity contribution in [3.05, 3.63) is 77.9 Å². The minimum atomic E-state index is -0.688. The Morgan fingerprint density at radius 3 is 2.33 bits per heavy atom. The fourth-order valence-corrected chi connectivity index (χ4v) is 3.20. The van der Waals surface area contributed by atoms with Crippen molar-refractivity contribution in [2.24, 2.45) is 0 Å². The van der Waals surface area contributed by atoms with Crippen molar-refractivity contribution in [1.82, 2.24) is 15.5 Å². The number of fused-ring (bicyclic) bond motifs is 1. The number of benzene rings is 3. The van der Waals surface area contributed by atoms with Gasteiger partial charge in [-0.3, -0.25) is 20.5 Å². The van der Waals surface area contributed by atoms with Gasteiger partial charge in [0.15, 0.2) is 5.82 Å². The van der Waals surface area contributed by atoms with Crippen LogP contribution in [0.1, 0.15) is 15.9 Å². The molecule has 4 aromatic rings. The monoisotopic (exact) mass is 446 g/mol. The molecule has 0 unspecified atom stereocenters. The molecule has 0 bridgehead atoms. The molecule has 0 aliphatic carbocycles. The highest BCUT2D eigenvalue weighted by molar-refractivity contribution is 6.09. The molecule has 3 amide bonds. The van der Waals surface area contributed by atoms with E-state index in [0.29, 0.717) is 33.7 Å². The van der Waals surface area contributed by atoms with Gasteiger partial charge in [0.2, 0.25) is 0 Å². The van der Waals surface area contributed by atoms with Crippen LogP contribution < -0.4 is 24.8 Å². The second-order valence-corrected chi connectivity index (χ2v) is 7.06. The van der Waals surface area contributed by atoms with Crippen LogP contribution in [0.25, 0.3) is 10.9 Å². The number of methoxy groups -OCH3 is 2. The van der Waals surface area contributed by atoms with E-state index < -0.39 is 11.9 Å². The standard InChI is InChI=1S/C24H22N4O5/c1-31-18-10-15(11-19(12-18)32-2)14-33-17-8-9-21-20(13-17)22(28-27-21)25-24(30)26-23(29)16-6-4-3-5-7-16/h3-13H,14H2,1-2H3,(H3,25,26,27,28,29,30). The predicted molar refractivity (Wildman–Crippen MR) is 123 cm³/mol. The van der Waals surface area contributed by atoms with Gasteiger partial charge in [0.1, 0.15) is 23.9 Å². The number of carbonyl (C=O) groups excluding carboxylic acids is 2. The summed E-state index contributed by atoms with van der Waals surface area (Å²) in [4.78, 5) is 24.5. The minimum absolute atomic E-state index is 0.275. The molecule has 0 aliphatic heterocycles. The molecule has 33 heavy (non-hydrogen) atoms. The zero-order valence-corrected chi connectivity index (χ0v) is 18.0. The number of amides is 3. The summed E-state index contributed by atoms with van der Waals surface area (Å²) >= 11 is 0. The van der Waals surface area contributed by atoms with Crippen molar-refractivity contribution in [3.63, 3.8) is 0 Å². The van der Waals surface area contributed by atoms with E-state index in [1.807, 2.05) is 12.1 Å². The molecular weight excluding hydrogens is 424 g/mol. The summed E-state index contributed by atoms with van der Waals surface area (Å²) in [6, 6.07) is 18.6. The van der Waals surface area contributed by atoms with Gasteiger partial charge in [-0.25, -0.2) is 4.79 Å². The number of ether oxygens (including phenoxy) is 3. The third kappa shape index (κ3) is 5.21. The van der Waals surface area contributed by atoms with Crippen LogP contribution in [-0.4, -0.2) is 36.4 Å². The summed E-state index contributed by atoms with van der Waals surface area (Å²) in [5, 5.41) is 12.5. The van der Waals surface area contributed by atoms with E-state index in [2.05, 4.69) is 20.8 Å². The van der Waals surface area contributed by atoms with Gasteiger partial charge in [0, 0.05) is 17.0 Å². The van der Waals surface area contributed by atoms with E-state index in [9.17, 15) is 9.59 Å². The number of imide groups is 1. The molecule has 168 valence electrons. The summed E-state index contributed by atoms with van der Waals surface area (Å²) in [6.45, 7) is 0.283. The normalized spacial score (nSPS) is 10.5. The van der Waals surface area contributed by atoms with E-state index >= 15 is 0 Å². The summed E-state index contributed by atoms with van der Waals surface area (Å²) in [5.74, 6) is 1.68. The summed E-state index contributed by atoms with van der Waals surface area (Å²) < 4.78 is 16.5. The maximum atomic E-state index is 12.3. The lowest BCUT2D eigenvalue weighted by Gasteiger charge is -2.10. The molecule has 0 radical (unpaired) electrons. The smallest absolute Gasteiger partial charge is 0.327 e. The Hall–Kier alpha value is -4.53. The van der Waals surface area contributed by atoms with E-state index in [1.54, 1.807) is 68.8 Å². The Morgan fingerprint density at radius 2 is 1.64 bits per heavy atom. The lowest BCUT2D eigenvalue weighted by Crippen LogP contribution is -2.34. The van der Waals surface area contributed by atoms with E-state index in [4.69, 9.17) is 14.2 Å². The Labute approximate surface area is 189 Å². The highest BCUT2D eigenvalue weighted by atomic mass is 16.5. The lowest BCUT2D eigenvalue weighted by atomic mass is 10.2. The van der Waals surface area contributed by atoms with Crippen LogP contribution in [0.15, 0.2) is 66.7 Å². The Balaban J connectivity index is 1.45. The van der Waals surface area contributed by atoms with Gasteiger partial charge in [-0.15, -0.1) is 0 Å². The molecule has 1 heterocycles. The number of hydrogen-bond acceptors (Lipinski definition) is 6. The average molecular weight is 446 g/mol. The predicted octanol–water partition coefficient (Wildman–Crippen LogP) is 4.12. The fraction of sp³-hybridized carbons (Fsp3) is 0.125. The SMILES string of the molecule is COc1cc(COc2ccc3[nH]nc(NC(=O)NC(=O)c4ccccc4)c3c2)cc(OC)c1. The summed E-state index contributed by atoms with van der Waals surface area (Å²) in [5.41, 5.74) is 1.95. The first-order valence-electron chi connectivity index (χ1n) is 10.1. The van der Waals surface area contributed by atoms with Crippen LogP contribution >= 0.6 is 0 Å². The van der Waals surface area contributed by atoms with E-state index in [0.717, 1.165) is 5.56 Å². The largest absolute Gasteiger partial charge is 0.497 e. The molecule has 3 aromatic carbocycles. The molecule has 0 saturated carbocycles. The second kappa shape index (κ2) is 9.73. The van der Waals surface area contributed by atoms with Crippen molar-refractivity contribution < 1.29 is 23.8 Å². The Bertz CT molecular complexity index is 1260. The lowest BCUT2D eigenvalue weighted by molar-refractivity contribution is 0.0967. The van der Waals surface area contributed by atoms with Gasteiger partial charge >= 0.3 is 6.03 Å². The van der Waals surface area contributed by atoms with Crippen LogP contribution in [0, 0.1) is 0 Å². The molecule has 0 aliphatic rings. The van der Waals surface area contributed by atoms with Crippen molar-refractivity contribution in [1.29, 1.82) is 0 Å². The van der Waals surface area contributed by atoms with Gasteiger partial charge in [0.05, 0.1) is 19.7 Å². The second-order valence-electron chi connectivity index (χ2n) is 7.06. The molecule has 3 N–H and O–H groups in total. The van der Waals surface area contributed by atoms with Crippen molar-refractivity contribution in [3.8, 4) is 17.2 Å². The van der Waals surface area contributed by atoms with Crippen LogP contribution in [0.3, 0.4) is 0 Å².